The summed E-state index contributed by atoms with van der Waals surface area (Å²) < 4.78 is 13.6. The number of piperidine rings is 1. The van der Waals surface area contributed by atoms with Crippen molar-refractivity contribution in [1.29, 1.82) is 5.26 Å². The number of hydrogen-bond donors (Lipinski definition) is 0. The van der Waals surface area contributed by atoms with E-state index in [0.717, 1.165) is 12.1 Å². The summed E-state index contributed by atoms with van der Waals surface area (Å²) in [6, 6.07) is 5.37. The van der Waals surface area contributed by atoms with Gasteiger partial charge in [-0.05, 0) is 31.9 Å². The Morgan fingerprint density at radius 2 is 2.10 bits per heavy atom. The van der Waals surface area contributed by atoms with Crippen molar-refractivity contribution >= 4 is 11.6 Å². The number of halogens is 1. The predicted octanol–water partition coefficient (Wildman–Crippen LogP) is 2.50. The Hall–Kier alpha value is -2.49. The molecule has 6 nitrogen and oxygen atoms in total. The van der Waals surface area contributed by atoms with Crippen molar-refractivity contribution in [3.8, 4) is 6.07 Å². The molecule has 0 aromatic heterocycles. The van der Waals surface area contributed by atoms with Crippen molar-refractivity contribution in [3.05, 3.63) is 39.7 Å². The van der Waals surface area contributed by atoms with Crippen molar-refractivity contribution in [2.45, 2.75) is 19.8 Å². The quantitative estimate of drug-likeness (QED) is 0.618. The molecular formula is C14H14FN3O3. The van der Waals surface area contributed by atoms with Crippen LogP contribution < -0.4 is 0 Å². The molecule has 0 aliphatic carbocycles. The molecule has 1 heterocycles. The second-order valence-corrected chi connectivity index (χ2v) is 5.39. The molecule has 1 aromatic rings. The van der Waals surface area contributed by atoms with E-state index < -0.39 is 21.8 Å². The molecule has 1 aliphatic heterocycles. The smallest absolute Gasteiger partial charge is 0.304 e. The molecule has 1 amide bonds. The Morgan fingerprint density at radius 3 is 2.57 bits per heavy atom. The van der Waals surface area contributed by atoms with Gasteiger partial charge >= 0.3 is 5.69 Å². The maximum Gasteiger partial charge on any atom is 0.304 e. The standard InChI is InChI=1S/C14H14FN3O3/c1-14(9-16)4-6-17(7-5-14)13(19)10-2-3-12(18(20)21)11(15)8-10/h2-3,8H,4-7H2,1H3. The van der Waals surface area contributed by atoms with Crippen molar-refractivity contribution < 1.29 is 14.1 Å². The van der Waals surface area contributed by atoms with Gasteiger partial charge in [-0.2, -0.15) is 9.65 Å². The number of benzene rings is 1. The van der Waals surface area contributed by atoms with Crippen LogP contribution in [-0.2, 0) is 0 Å². The fourth-order valence-electron chi connectivity index (χ4n) is 2.29. The first-order chi connectivity index (χ1) is 9.86. The Kier molecular flexibility index (Phi) is 3.89. The molecule has 0 atom stereocenters. The van der Waals surface area contributed by atoms with E-state index in [9.17, 15) is 19.3 Å². The molecule has 0 radical (unpaired) electrons. The van der Waals surface area contributed by atoms with Gasteiger partial charge in [-0.15, -0.1) is 0 Å². The largest absolute Gasteiger partial charge is 0.339 e. The molecule has 110 valence electrons. The topological polar surface area (TPSA) is 87.2 Å². The van der Waals surface area contributed by atoms with Gasteiger partial charge in [-0.1, -0.05) is 0 Å². The third-order valence-corrected chi connectivity index (χ3v) is 3.82. The van der Waals surface area contributed by atoms with E-state index in [-0.39, 0.29) is 11.5 Å². The summed E-state index contributed by atoms with van der Waals surface area (Å²) in [5.74, 6) is -1.39. The number of nitriles is 1. The molecule has 1 fully saturated rings. The highest BCUT2D eigenvalue weighted by Crippen LogP contribution is 2.30. The van der Waals surface area contributed by atoms with Crippen molar-refractivity contribution in [2.75, 3.05) is 13.1 Å². The van der Waals surface area contributed by atoms with Gasteiger partial charge in [-0.3, -0.25) is 14.9 Å². The third-order valence-electron chi connectivity index (χ3n) is 3.82. The molecule has 0 spiro atoms. The summed E-state index contributed by atoms with van der Waals surface area (Å²) in [6.45, 7) is 2.68. The minimum atomic E-state index is -1.02. The van der Waals surface area contributed by atoms with E-state index in [4.69, 9.17) is 5.26 Å². The van der Waals surface area contributed by atoms with Crippen LogP contribution in [-0.4, -0.2) is 28.8 Å². The summed E-state index contributed by atoms with van der Waals surface area (Å²) >= 11 is 0. The van der Waals surface area contributed by atoms with E-state index in [1.165, 1.54) is 6.07 Å². The molecule has 0 bridgehead atoms. The number of carbonyl (C=O) groups excluding carboxylic acids is 1. The molecule has 21 heavy (non-hydrogen) atoms. The molecule has 1 aliphatic rings. The van der Waals surface area contributed by atoms with E-state index >= 15 is 0 Å². The van der Waals surface area contributed by atoms with Gasteiger partial charge in [-0.25, -0.2) is 0 Å². The lowest BCUT2D eigenvalue weighted by Crippen LogP contribution is -2.41. The van der Waals surface area contributed by atoms with Gasteiger partial charge in [0, 0.05) is 24.7 Å². The lowest BCUT2D eigenvalue weighted by molar-refractivity contribution is -0.387. The second-order valence-electron chi connectivity index (χ2n) is 5.39. The Balaban J connectivity index is 2.13. The Labute approximate surface area is 120 Å². The van der Waals surface area contributed by atoms with Gasteiger partial charge in [0.2, 0.25) is 5.82 Å². The average molecular weight is 291 g/mol. The Bertz CT molecular complexity index is 631. The Morgan fingerprint density at radius 1 is 1.48 bits per heavy atom. The van der Waals surface area contributed by atoms with Crippen LogP contribution in [0.1, 0.15) is 30.1 Å². The first-order valence-electron chi connectivity index (χ1n) is 6.51. The number of likely N-dealkylation sites (tertiary alicyclic amines) is 1. The lowest BCUT2D eigenvalue weighted by atomic mass is 9.82. The average Bonchev–Trinajstić information content (AvgIpc) is 2.47. The van der Waals surface area contributed by atoms with Gasteiger partial charge in [0.15, 0.2) is 0 Å². The fraction of sp³-hybridized carbons (Fsp3) is 0.429. The van der Waals surface area contributed by atoms with Crippen molar-refractivity contribution in [2.24, 2.45) is 5.41 Å². The van der Waals surface area contributed by atoms with Crippen LogP contribution in [0.2, 0.25) is 0 Å². The molecule has 0 saturated carbocycles. The molecule has 1 aromatic carbocycles. The SMILES string of the molecule is CC1(C#N)CCN(C(=O)c2ccc([N+](=O)[O-])c(F)c2)CC1. The third kappa shape index (κ3) is 2.99. The van der Waals surface area contributed by atoms with Crippen molar-refractivity contribution in [3.63, 3.8) is 0 Å². The number of nitrogens with zero attached hydrogens (tertiary/aromatic N) is 3. The minimum Gasteiger partial charge on any atom is -0.339 e. The highest BCUT2D eigenvalue weighted by atomic mass is 19.1. The molecule has 7 heteroatoms. The maximum atomic E-state index is 13.6. The molecule has 2 rings (SSSR count). The van der Waals surface area contributed by atoms with Crippen LogP contribution in [0.4, 0.5) is 10.1 Å². The highest BCUT2D eigenvalue weighted by Gasteiger charge is 2.32. The molecule has 0 unspecified atom stereocenters. The number of amides is 1. The van der Waals surface area contributed by atoms with E-state index in [0.29, 0.717) is 25.9 Å². The first-order valence-corrected chi connectivity index (χ1v) is 6.51. The van der Waals surface area contributed by atoms with Crippen LogP contribution in [0.5, 0.6) is 0 Å². The normalized spacial score (nSPS) is 17.1. The zero-order chi connectivity index (χ0) is 15.6. The fourth-order valence-corrected chi connectivity index (χ4v) is 2.29. The summed E-state index contributed by atoms with van der Waals surface area (Å²) in [5.41, 5.74) is -1.00. The second kappa shape index (κ2) is 5.48. The van der Waals surface area contributed by atoms with Crippen LogP contribution in [0.3, 0.4) is 0 Å². The van der Waals surface area contributed by atoms with E-state index in [2.05, 4.69) is 6.07 Å². The zero-order valence-electron chi connectivity index (χ0n) is 11.5. The van der Waals surface area contributed by atoms with Crippen molar-refractivity contribution in [1.82, 2.24) is 4.90 Å². The van der Waals surface area contributed by atoms with E-state index in [1.807, 2.05) is 6.92 Å². The number of nitro benzene ring substituents is 1. The van der Waals surface area contributed by atoms with Crippen LogP contribution in [0.25, 0.3) is 0 Å². The van der Waals surface area contributed by atoms with Crippen LogP contribution >= 0.6 is 0 Å². The minimum absolute atomic E-state index is 0.0821. The summed E-state index contributed by atoms with van der Waals surface area (Å²) in [5, 5.41) is 19.6. The number of hydrogen-bond acceptors (Lipinski definition) is 4. The van der Waals surface area contributed by atoms with Gasteiger partial charge < -0.3 is 4.90 Å². The summed E-state index contributed by atoms with van der Waals surface area (Å²) in [4.78, 5) is 23.5. The first kappa shape index (κ1) is 14.9. The number of carbonyl (C=O) groups is 1. The van der Waals surface area contributed by atoms with Gasteiger partial charge in [0.05, 0.1) is 16.4 Å². The number of nitro groups is 1. The van der Waals surface area contributed by atoms with Gasteiger partial charge in [0.25, 0.3) is 5.91 Å². The predicted molar refractivity (Wildman–Crippen MR) is 71.9 cm³/mol. The summed E-state index contributed by atoms with van der Waals surface area (Å²) in [7, 11) is 0. The molecule has 1 saturated heterocycles. The lowest BCUT2D eigenvalue weighted by Gasteiger charge is -2.34. The highest BCUT2D eigenvalue weighted by molar-refractivity contribution is 5.94. The van der Waals surface area contributed by atoms with Crippen LogP contribution in [0, 0.1) is 32.7 Å². The summed E-state index contributed by atoms with van der Waals surface area (Å²) in [6.07, 6.45) is 1.12. The molecule has 0 N–H and O–H groups in total. The maximum absolute atomic E-state index is 13.6. The van der Waals surface area contributed by atoms with E-state index in [1.54, 1.807) is 4.90 Å². The zero-order valence-corrected chi connectivity index (χ0v) is 11.5. The molecular weight excluding hydrogens is 277 g/mol. The number of rotatable bonds is 2. The van der Waals surface area contributed by atoms with Crippen LogP contribution in [0.15, 0.2) is 18.2 Å². The monoisotopic (exact) mass is 291 g/mol. The van der Waals surface area contributed by atoms with Gasteiger partial charge in [0.1, 0.15) is 0 Å².